The third-order valence-corrected chi connectivity index (χ3v) is 3.18. The molecule has 1 N–H and O–H groups in total. The Kier molecular flexibility index (Phi) is 4.68. The molecule has 0 aliphatic rings. The van der Waals surface area contributed by atoms with Crippen LogP contribution in [0.3, 0.4) is 0 Å². The first-order chi connectivity index (χ1) is 9.65. The molecule has 2 rings (SSSR count). The van der Waals surface area contributed by atoms with Gasteiger partial charge in [-0.1, -0.05) is 6.92 Å². The van der Waals surface area contributed by atoms with Gasteiger partial charge < -0.3 is 10.1 Å². The molecule has 108 valence electrons. The van der Waals surface area contributed by atoms with Crippen LogP contribution in [0, 0.1) is 13.8 Å². The van der Waals surface area contributed by atoms with Crippen LogP contribution >= 0.6 is 0 Å². The standard InChI is InChI=1S/C14H21N5O/c1-5-15-7-13-17-9-19(18-13)8-12-11(3)14(20-4)10(2)6-16-12/h6,9,15H,5,7-8H2,1-4H3. The molecular formula is C14H21N5O. The molecule has 0 saturated carbocycles. The topological polar surface area (TPSA) is 64.9 Å². The van der Waals surface area contributed by atoms with Gasteiger partial charge in [-0.15, -0.1) is 0 Å². The molecule has 2 aromatic heterocycles. The zero-order valence-corrected chi connectivity index (χ0v) is 12.5. The molecule has 0 radical (unpaired) electrons. The third kappa shape index (κ3) is 3.14. The number of aromatic nitrogens is 4. The van der Waals surface area contributed by atoms with Gasteiger partial charge in [-0.05, 0) is 20.4 Å². The maximum absolute atomic E-state index is 5.42. The predicted octanol–water partition coefficient (Wildman–Crippen LogP) is 1.46. The molecule has 2 heterocycles. The Balaban J connectivity index is 2.15. The van der Waals surface area contributed by atoms with Crippen molar-refractivity contribution >= 4 is 0 Å². The Morgan fingerprint density at radius 2 is 2.10 bits per heavy atom. The summed E-state index contributed by atoms with van der Waals surface area (Å²) < 4.78 is 7.22. The summed E-state index contributed by atoms with van der Waals surface area (Å²) in [5, 5.41) is 7.63. The lowest BCUT2D eigenvalue weighted by atomic mass is 10.1. The molecule has 0 fully saturated rings. The number of ether oxygens (including phenoxy) is 1. The van der Waals surface area contributed by atoms with Crippen LogP contribution < -0.4 is 10.1 Å². The molecule has 0 aliphatic heterocycles. The van der Waals surface area contributed by atoms with E-state index in [2.05, 4.69) is 27.3 Å². The Morgan fingerprint density at radius 1 is 1.30 bits per heavy atom. The average molecular weight is 275 g/mol. The fraction of sp³-hybridized carbons (Fsp3) is 0.500. The highest BCUT2D eigenvalue weighted by atomic mass is 16.5. The van der Waals surface area contributed by atoms with Crippen molar-refractivity contribution in [2.75, 3.05) is 13.7 Å². The van der Waals surface area contributed by atoms with Gasteiger partial charge in [-0.3, -0.25) is 4.98 Å². The number of nitrogens with zero attached hydrogens (tertiary/aromatic N) is 4. The Labute approximate surface area is 119 Å². The van der Waals surface area contributed by atoms with E-state index in [-0.39, 0.29) is 0 Å². The fourth-order valence-corrected chi connectivity index (χ4v) is 2.11. The van der Waals surface area contributed by atoms with E-state index >= 15 is 0 Å². The molecule has 0 unspecified atom stereocenters. The molecule has 6 heteroatoms. The van der Waals surface area contributed by atoms with Crippen molar-refractivity contribution in [3.8, 4) is 5.75 Å². The van der Waals surface area contributed by atoms with Gasteiger partial charge in [0.1, 0.15) is 12.1 Å². The lowest BCUT2D eigenvalue weighted by Gasteiger charge is -2.11. The van der Waals surface area contributed by atoms with Crippen LogP contribution in [-0.4, -0.2) is 33.4 Å². The number of hydrogen-bond donors (Lipinski definition) is 1. The second kappa shape index (κ2) is 6.47. The minimum Gasteiger partial charge on any atom is -0.496 e. The van der Waals surface area contributed by atoms with Gasteiger partial charge in [-0.2, -0.15) is 5.10 Å². The molecular weight excluding hydrogens is 254 g/mol. The molecule has 0 atom stereocenters. The summed E-state index contributed by atoms with van der Waals surface area (Å²) in [6.45, 7) is 8.26. The van der Waals surface area contributed by atoms with Gasteiger partial charge in [0.25, 0.3) is 0 Å². The Bertz CT molecular complexity index is 579. The van der Waals surface area contributed by atoms with E-state index in [0.29, 0.717) is 13.1 Å². The molecule has 6 nitrogen and oxygen atoms in total. The van der Waals surface area contributed by atoms with Gasteiger partial charge in [0, 0.05) is 17.3 Å². The molecule has 2 aromatic rings. The maximum atomic E-state index is 5.42. The van der Waals surface area contributed by atoms with Crippen molar-refractivity contribution < 1.29 is 4.74 Å². The number of pyridine rings is 1. The number of hydrogen-bond acceptors (Lipinski definition) is 5. The van der Waals surface area contributed by atoms with Gasteiger partial charge in [0.05, 0.1) is 25.9 Å². The van der Waals surface area contributed by atoms with Crippen LogP contribution in [0.25, 0.3) is 0 Å². The molecule has 0 saturated heterocycles. The minimum atomic E-state index is 0.599. The molecule has 0 aromatic carbocycles. The van der Waals surface area contributed by atoms with Crippen molar-refractivity contribution in [2.24, 2.45) is 0 Å². The zero-order chi connectivity index (χ0) is 14.5. The van der Waals surface area contributed by atoms with Crippen LogP contribution in [0.2, 0.25) is 0 Å². The van der Waals surface area contributed by atoms with E-state index in [1.165, 1.54) is 0 Å². The summed E-state index contributed by atoms with van der Waals surface area (Å²) in [6.07, 6.45) is 3.57. The van der Waals surface area contributed by atoms with Crippen molar-refractivity contribution in [1.82, 2.24) is 25.1 Å². The summed E-state index contributed by atoms with van der Waals surface area (Å²) in [7, 11) is 1.68. The van der Waals surface area contributed by atoms with Gasteiger partial charge in [-0.25, -0.2) is 9.67 Å². The summed E-state index contributed by atoms with van der Waals surface area (Å²) in [5.41, 5.74) is 3.05. The molecule has 0 amide bonds. The summed E-state index contributed by atoms with van der Waals surface area (Å²) in [5.74, 6) is 1.69. The average Bonchev–Trinajstić information content (AvgIpc) is 2.88. The highest BCUT2D eigenvalue weighted by Gasteiger charge is 2.10. The Hall–Kier alpha value is -1.95. The lowest BCUT2D eigenvalue weighted by molar-refractivity contribution is 0.406. The second-order valence-electron chi connectivity index (χ2n) is 4.68. The van der Waals surface area contributed by atoms with Gasteiger partial charge in [0.2, 0.25) is 0 Å². The largest absolute Gasteiger partial charge is 0.496 e. The predicted molar refractivity (Wildman–Crippen MR) is 76.8 cm³/mol. The quantitative estimate of drug-likeness (QED) is 0.864. The van der Waals surface area contributed by atoms with E-state index < -0.39 is 0 Å². The van der Waals surface area contributed by atoms with Crippen molar-refractivity contribution in [3.05, 3.63) is 35.2 Å². The first kappa shape index (κ1) is 14.5. The second-order valence-corrected chi connectivity index (χ2v) is 4.68. The van der Waals surface area contributed by atoms with Crippen LogP contribution in [-0.2, 0) is 13.1 Å². The summed E-state index contributed by atoms with van der Waals surface area (Å²) >= 11 is 0. The van der Waals surface area contributed by atoms with E-state index in [1.807, 2.05) is 20.0 Å². The maximum Gasteiger partial charge on any atom is 0.164 e. The van der Waals surface area contributed by atoms with Crippen molar-refractivity contribution in [1.29, 1.82) is 0 Å². The van der Waals surface area contributed by atoms with Crippen molar-refractivity contribution in [2.45, 2.75) is 33.9 Å². The number of rotatable bonds is 6. The first-order valence-electron chi connectivity index (χ1n) is 6.73. The van der Waals surface area contributed by atoms with Crippen LogP contribution in [0.4, 0.5) is 0 Å². The molecule has 20 heavy (non-hydrogen) atoms. The SMILES string of the molecule is CCNCc1ncn(Cc2ncc(C)c(OC)c2C)n1. The van der Waals surface area contributed by atoms with E-state index in [1.54, 1.807) is 18.1 Å². The lowest BCUT2D eigenvalue weighted by Crippen LogP contribution is -2.13. The monoisotopic (exact) mass is 275 g/mol. The van der Waals surface area contributed by atoms with E-state index in [0.717, 1.165) is 34.9 Å². The van der Waals surface area contributed by atoms with Gasteiger partial charge >= 0.3 is 0 Å². The third-order valence-electron chi connectivity index (χ3n) is 3.18. The highest BCUT2D eigenvalue weighted by molar-refractivity contribution is 5.41. The van der Waals surface area contributed by atoms with E-state index in [9.17, 15) is 0 Å². The van der Waals surface area contributed by atoms with Crippen LogP contribution in [0.15, 0.2) is 12.5 Å². The normalized spacial score (nSPS) is 10.8. The Morgan fingerprint density at radius 3 is 2.80 bits per heavy atom. The first-order valence-corrected chi connectivity index (χ1v) is 6.73. The molecule has 0 spiro atoms. The highest BCUT2D eigenvalue weighted by Crippen LogP contribution is 2.24. The van der Waals surface area contributed by atoms with Crippen LogP contribution in [0.5, 0.6) is 5.75 Å². The summed E-state index contributed by atoms with van der Waals surface area (Å²) in [6, 6.07) is 0. The number of methoxy groups -OCH3 is 1. The zero-order valence-electron chi connectivity index (χ0n) is 12.5. The van der Waals surface area contributed by atoms with E-state index in [4.69, 9.17) is 4.74 Å². The smallest absolute Gasteiger partial charge is 0.164 e. The van der Waals surface area contributed by atoms with Gasteiger partial charge in [0.15, 0.2) is 5.82 Å². The fourth-order valence-electron chi connectivity index (χ4n) is 2.11. The minimum absolute atomic E-state index is 0.599. The summed E-state index contributed by atoms with van der Waals surface area (Å²) in [4.78, 5) is 8.74. The number of nitrogens with one attached hydrogen (secondary N) is 1. The van der Waals surface area contributed by atoms with Crippen LogP contribution in [0.1, 0.15) is 29.6 Å². The molecule has 0 bridgehead atoms. The number of aryl methyl sites for hydroxylation is 1. The molecule has 0 aliphatic carbocycles. The van der Waals surface area contributed by atoms with Crippen molar-refractivity contribution in [3.63, 3.8) is 0 Å².